The number of nitrogens with zero attached hydrogens (tertiary/aromatic N) is 5. The van der Waals surface area contributed by atoms with Gasteiger partial charge in [-0.3, -0.25) is 4.79 Å². The number of hydrogen-bond acceptors (Lipinski definition) is 6. The summed E-state index contributed by atoms with van der Waals surface area (Å²) in [5, 5.41) is 18.4. The first-order valence-corrected chi connectivity index (χ1v) is 12.4. The van der Waals surface area contributed by atoms with Crippen molar-refractivity contribution in [2.45, 2.75) is 39.2 Å². The maximum atomic E-state index is 12.7. The highest BCUT2D eigenvalue weighted by Crippen LogP contribution is 2.28. The molecule has 0 atom stereocenters. The van der Waals surface area contributed by atoms with Gasteiger partial charge in [0.05, 0.1) is 11.9 Å². The molecule has 1 fully saturated rings. The van der Waals surface area contributed by atoms with Crippen LogP contribution in [0, 0.1) is 5.92 Å². The number of carbonyl (C=O) groups excluding carboxylic acids is 1. The van der Waals surface area contributed by atoms with E-state index in [1.165, 1.54) is 0 Å². The third-order valence-corrected chi connectivity index (χ3v) is 6.34. The summed E-state index contributed by atoms with van der Waals surface area (Å²) in [6.45, 7) is 11.3. The summed E-state index contributed by atoms with van der Waals surface area (Å²) in [7, 11) is 0. The molecule has 0 unspecified atom stereocenters. The average molecular weight is 490 g/mol. The third-order valence-electron chi connectivity index (χ3n) is 6.34. The molecule has 3 aromatic rings. The van der Waals surface area contributed by atoms with Crippen molar-refractivity contribution in [2.75, 3.05) is 19.6 Å². The molecule has 0 radical (unpaired) electrons. The highest BCUT2D eigenvalue weighted by atomic mass is 16.2. The Labute approximate surface area is 211 Å². The van der Waals surface area contributed by atoms with E-state index in [1.807, 2.05) is 55.1 Å². The molecule has 5 N–H and O–H groups in total. The van der Waals surface area contributed by atoms with Crippen LogP contribution in [0.5, 0.6) is 0 Å². The van der Waals surface area contributed by atoms with Crippen LogP contribution < -0.4 is 21.7 Å². The number of nitrogens with one attached hydrogen (secondary N) is 3. The molecule has 36 heavy (non-hydrogen) atoms. The number of rotatable bonds is 9. The summed E-state index contributed by atoms with van der Waals surface area (Å²) in [4.78, 5) is 17.2. The van der Waals surface area contributed by atoms with Gasteiger partial charge in [-0.05, 0) is 55.5 Å². The van der Waals surface area contributed by atoms with Crippen molar-refractivity contribution in [1.29, 1.82) is 0 Å². The lowest BCUT2D eigenvalue weighted by Crippen LogP contribution is -2.41. The zero-order valence-corrected chi connectivity index (χ0v) is 20.9. The fourth-order valence-electron chi connectivity index (χ4n) is 4.22. The molecule has 1 aliphatic rings. The molecule has 0 saturated carbocycles. The van der Waals surface area contributed by atoms with Crippen LogP contribution in [0.3, 0.4) is 0 Å². The van der Waals surface area contributed by atoms with Gasteiger partial charge in [0.15, 0.2) is 11.7 Å². The van der Waals surface area contributed by atoms with Crippen molar-refractivity contribution < 1.29 is 4.79 Å². The van der Waals surface area contributed by atoms with Gasteiger partial charge in [0.1, 0.15) is 5.82 Å². The van der Waals surface area contributed by atoms with E-state index in [-0.39, 0.29) is 17.7 Å². The molecule has 1 aromatic carbocycles. The summed E-state index contributed by atoms with van der Waals surface area (Å²) >= 11 is 0. The predicted molar refractivity (Wildman–Crippen MR) is 142 cm³/mol. The predicted octanol–water partition coefficient (Wildman–Crippen LogP) is 2.51. The van der Waals surface area contributed by atoms with Gasteiger partial charge in [0.25, 0.3) is 5.91 Å². The molecule has 0 spiro atoms. The van der Waals surface area contributed by atoms with Gasteiger partial charge in [-0.25, -0.2) is 9.67 Å². The molecule has 0 bridgehead atoms. The number of carbonyl (C=O) groups is 1. The van der Waals surface area contributed by atoms with Gasteiger partial charge < -0.3 is 21.7 Å². The largest absolute Gasteiger partial charge is 0.379 e. The number of aromatic nitrogens is 4. The number of amidine groups is 1. The normalized spacial score (nSPS) is 14.7. The Morgan fingerprint density at radius 2 is 2.00 bits per heavy atom. The molecule has 1 amide bonds. The van der Waals surface area contributed by atoms with Crippen LogP contribution in [0.2, 0.25) is 0 Å². The number of benzene rings is 1. The van der Waals surface area contributed by atoms with Gasteiger partial charge in [0, 0.05) is 31.0 Å². The molecule has 190 valence electrons. The summed E-state index contributed by atoms with van der Waals surface area (Å²) in [5.74, 6) is 1.15. The first-order chi connectivity index (χ1) is 17.4. The van der Waals surface area contributed by atoms with Gasteiger partial charge in [-0.1, -0.05) is 38.6 Å². The van der Waals surface area contributed by atoms with E-state index in [2.05, 4.69) is 37.7 Å². The Morgan fingerprint density at radius 3 is 2.72 bits per heavy atom. The fourth-order valence-corrected chi connectivity index (χ4v) is 4.22. The second-order valence-corrected chi connectivity index (χ2v) is 9.27. The van der Waals surface area contributed by atoms with Gasteiger partial charge in [-0.15, -0.1) is 0 Å². The molecule has 1 aliphatic heterocycles. The van der Waals surface area contributed by atoms with Crippen molar-refractivity contribution in [3.05, 3.63) is 66.6 Å². The molecule has 10 heteroatoms. The number of nitrogens with two attached hydrogens (primary N) is 1. The minimum atomic E-state index is -0.372. The number of amides is 1. The SMILES string of the molecule is C=C(NCc1ccccc1-n1cccn1)n1ncc(C(C)C)c1/N=C(\N)C(=O)NCC1CCNCC1. The first kappa shape index (κ1) is 25.2. The van der Waals surface area contributed by atoms with Gasteiger partial charge in [0.2, 0.25) is 0 Å². The van der Waals surface area contributed by atoms with Crippen LogP contribution in [-0.4, -0.2) is 50.9 Å². The summed E-state index contributed by atoms with van der Waals surface area (Å²) < 4.78 is 3.42. The third kappa shape index (κ3) is 6.01. The molecule has 2 aromatic heterocycles. The minimum Gasteiger partial charge on any atom is -0.379 e. The van der Waals surface area contributed by atoms with Crippen LogP contribution in [0.15, 0.2) is 60.5 Å². The molecule has 0 aliphatic carbocycles. The smallest absolute Gasteiger partial charge is 0.286 e. The molecular weight excluding hydrogens is 454 g/mol. The Kier molecular flexibility index (Phi) is 8.17. The van der Waals surface area contributed by atoms with Crippen LogP contribution >= 0.6 is 0 Å². The average Bonchev–Trinajstić information content (AvgIpc) is 3.57. The first-order valence-electron chi connectivity index (χ1n) is 12.4. The van der Waals surface area contributed by atoms with Crippen LogP contribution in [0.25, 0.3) is 11.5 Å². The quantitative estimate of drug-likeness (QED) is 0.270. The highest BCUT2D eigenvalue weighted by Gasteiger charge is 2.19. The fraction of sp³-hybridized carbons (Fsp3) is 0.385. The maximum Gasteiger partial charge on any atom is 0.286 e. The molecule has 4 rings (SSSR count). The van der Waals surface area contributed by atoms with E-state index < -0.39 is 0 Å². The summed E-state index contributed by atoms with van der Waals surface area (Å²) in [6.07, 6.45) is 7.47. The lowest BCUT2D eigenvalue weighted by atomic mass is 9.98. The maximum absolute atomic E-state index is 12.7. The highest BCUT2D eigenvalue weighted by molar-refractivity contribution is 6.37. The number of aliphatic imine (C=N–C) groups is 1. The van der Waals surface area contributed by atoms with E-state index in [4.69, 9.17) is 5.73 Å². The van der Waals surface area contributed by atoms with E-state index in [0.717, 1.165) is 42.7 Å². The zero-order chi connectivity index (χ0) is 25.5. The lowest BCUT2D eigenvalue weighted by Gasteiger charge is -2.22. The minimum absolute atomic E-state index is 0.0931. The monoisotopic (exact) mass is 489 g/mol. The number of piperidine rings is 1. The van der Waals surface area contributed by atoms with Crippen LogP contribution in [-0.2, 0) is 11.3 Å². The van der Waals surface area contributed by atoms with Crippen LogP contribution in [0.1, 0.15) is 43.7 Å². The van der Waals surface area contributed by atoms with E-state index in [1.54, 1.807) is 17.1 Å². The molecule has 10 nitrogen and oxygen atoms in total. The van der Waals surface area contributed by atoms with Crippen molar-refractivity contribution in [2.24, 2.45) is 16.6 Å². The van der Waals surface area contributed by atoms with Gasteiger partial charge >= 0.3 is 0 Å². The van der Waals surface area contributed by atoms with Crippen molar-refractivity contribution in [3.63, 3.8) is 0 Å². The Hall–Kier alpha value is -3.92. The molecule has 3 heterocycles. The van der Waals surface area contributed by atoms with E-state index >= 15 is 0 Å². The molecule has 1 saturated heterocycles. The van der Waals surface area contributed by atoms with Gasteiger partial charge in [-0.2, -0.15) is 14.9 Å². The second kappa shape index (κ2) is 11.7. The number of para-hydroxylation sites is 1. The van der Waals surface area contributed by atoms with Crippen LogP contribution in [0.4, 0.5) is 5.82 Å². The topological polar surface area (TPSA) is 127 Å². The number of hydrogen-bond donors (Lipinski definition) is 4. The lowest BCUT2D eigenvalue weighted by molar-refractivity contribution is -0.115. The van der Waals surface area contributed by atoms with E-state index in [9.17, 15) is 4.79 Å². The van der Waals surface area contributed by atoms with Crippen molar-refractivity contribution >= 4 is 23.4 Å². The second-order valence-electron chi connectivity index (χ2n) is 9.27. The Morgan fingerprint density at radius 1 is 1.22 bits per heavy atom. The molecular formula is C26H35N9O. The van der Waals surface area contributed by atoms with Crippen molar-refractivity contribution in [3.8, 4) is 5.69 Å². The Bertz CT molecular complexity index is 1200. The Balaban J connectivity index is 1.48. The standard InChI is InChI=1S/C26H35N9O/c1-18(2)22-17-32-35(25(22)33-24(27)26(36)30-15-20-9-12-28-13-10-20)19(3)29-16-21-7-4-5-8-23(21)34-14-6-11-31-34/h4-8,11,14,17-18,20,28-29H,3,9-10,12-13,15-16H2,1-2H3,(H2,27,33)(H,30,36). The van der Waals surface area contributed by atoms with Crippen molar-refractivity contribution in [1.82, 2.24) is 35.5 Å². The summed E-state index contributed by atoms with van der Waals surface area (Å²) in [5.41, 5.74) is 9.02. The summed E-state index contributed by atoms with van der Waals surface area (Å²) in [6, 6.07) is 9.89. The van der Waals surface area contributed by atoms with E-state index in [0.29, 0.717) is 30.6 Å². The zero-order valence-electron chi connectivity index (χ0n) is 20.9.